The van der Waals surface area contributed by atoms with Crippen LogP contribution in [0.4, 0.5) is 5.69 Å². The number of primary amides is 1. The van der Waals surface area contributed by atoms with E-state index < -0.39 is 22.2 Å². The summed E-state index contributed by atoms with van der Waals surface area (Å²) in [7, 11) is 0. The summed E-state index contributed by atoms with van der Waals surface area (Å²) in [5.74, 6) is 0.540. The minimum Gasteiger partial charge on any atom is -0.369 e. The molecule has 3 atom stereocenters. The molecule has 0 saturated heterocycles. The molecule has 162 valence electrons. The Morgan fingerprint density at radius 2 is 1.80 bits per heavy atom. The number of anilines is 1. The quantitative estimate of drug-likeness (QED) is 0.577. The molecule has 4 bridgehead atoms. The van der Waals surface area contributed by atoms with Crippen LogP contribution in [0.5, 0.6) is 0 Å². The number of hydrogen-bond donors (Lipinski definition) is 3. The highest BCUT2D eigenvalue weighted by Crippen LogP contribution is 2.60. The first-order valence-electron chi connectivity index (χ1n) is 10.5. The van der Waals surface area contributed by atoms with Crippen LogP contribution in [0.25, 0.3) is 0 Å². The van der Waals surface area contributed by atoms with Crippen molar-refractivity contribution in [3.63, 3.8) is 0 Å². The lowest BCUT2D eigenvalue weighted by atomic mass is 9.47. The molecule has 5 fully saturated rings. The summed E-state index contributed by atoms with van der Waals surface area (Å²) in [6.45, 7) is 0. The van der Waals surface area contributed by atoms with E-state index in [1.165, 1.54) is 4.31 Å². The molecule has 9 heteroatoms. The van der Waals surface area contributed by atoms with Crippen molar-refractivity contribution in [2.75, 3.05) is 4.31 Å². The van der Waals surface area contributed by atoms with E-state index in [-0.39, 0.29) is 29.7 Å². The van der Waals surface area contributed by atoms with Crippen LogP contribution < -0.4 is 15.4 Å². The molecular weight excluding hydrogens is 426 g/mol. The molecule has 30 heavy (non-hydrogen) atoms. The van der Waals surface area contributed by atoms with Crippen LogP contribution in [0.3, 0.4) is 0 Å². The monoisotopic (exact) mass is 451 g/mol. The maximum atomic E-state index is 13.4. The van der Waals surface area contributed by atoms with Crippen LogP contribution in [-0.4, -0.2) is 32.2 Å². The average Bonchev–Trinajstić information content (AvgIpc) is 3.47. The van der Waals surface area contributed by atoms with Gasteiger partial charge in [-0.15, -0.1) is 0 Å². The van der Waals surface area contributed by atoms with Gasteiger partial charge in [-0.1, -0.05) is 23.7 Å². The van der Waals surface area contributed by atoms with Crippen molar-refractivity contribution < 1.29 is 18.4 Å². The van der Waals surface area contributed by atoms with Crippen molar-refractivity contribution >= 4 is 40.4 Å². The van der Waals surface area contributed by atoms with Gasteiger partial charge in [0.2, 0.25) is 11.8 Å². The Labute approximate surface area is 183 Å². The van der Waals surface area contributed by atoms with Crippen LogP contribution in [0.2, 0.25) is 5.02 Å². The van der Waals surface area contributed by atoms with Crippen LogP contribution in [0, 0.1) is 23.2 Å². The fraction of sp³-hybridized carbons (Fsp3) is 0.619. The van der Waals surface area contributed by atoms with Crippen LogP contribution >= 0.6 is 11.6 Å². The van der Waals surface area contributed by atoms with Gasteiger partial charge in [-0.05, 0) is 74.8 Å². The van der Waals surface area contributed by atoms with Gasteiger partial charge in [-0.25, -0.2) is 4.21 Å². The van der Waals surface area contributed by atoms with Crippen molar-refractivity contribution in [1.82, 2.24) is 5.32 Å². The number of nitrogens with two attached hydrogens (primary N) is 1. The Balaban J connectivity index is 1.39. The summed E-state index contributed by atoms with van der Waals surface area (Å²) in [6.07, 6.45) is 5.33. The Morgan fingerprint density at radius 3 is 2.33 bits per heavy atom. The number of rotatable bonds is 6. The molecule has 5 saturated carbocycles. The lowest BCUT2D eigenvalue weighted by Gasteiger charge is -2.59. The largest absolute Gasteiger partial charge is 0.369 e. The summed E-state index contributed by atoms with van der Waals surface area (Å²) in [5.41, 5.74) is 4.66. The van der Waals surface area contributed by atoms with Crippen molar-refractivity contribution in [3.05, 3.63) is 29.3 Å². The molecule has 2 amide bonds. The standard InChI is InChI=1S/C21H26ClN3O4S/c22-15-3-1-2-4-16(15)25(30(28)29)21(5-6-21)19(27)24-17-13-7-12-8-14(17)11-20(9-12,10-13)18(23)26/h1-4,12-14,17H,5-11H2,(H2,23,26)(H,24,27)(H,28,29). The summed E-state index contributed by atoms with van der Waals surface area (Å²) in [4.78, 5) is 25.6. The van der Waals surface area contributed by atoms with Gasteiger partial charge in [0, 0.05) is 11.5 Å². The number of nitrogens with one attached hydrogen (secondary N) is 1. The van der Waals surface area contributed by atoms with E-state index in [0.717, 1.165) is 32.1 Å². The van der Waals surface area contributed by atoms with Crippen molar-refractivity contribution in [2.24, 2.45) is 28.9 Å². The fourth-order valence-corrected chi connectivity index (χ4v) is 7.73. The third-order valence-electron chi connectivity index (χ3n) is 7.86. The molecule has 0 radical (unpaired) electrons. The van der Waals surface area contributed by atoms with Crippen molar-refractivity contribution in [3.8, 4) is 0 Å². The van der Waals surface area contributed by atoms with E-state index >= 15 is 0 Å². The zero-order valence-corrected chi connectivity index (χ0v) is 18.1. The molecule has 1 aromatic carbocycles. The van der Waals surface area contributed by atoms with Gasteiger partial charge in [0.05, 0.1) is 10.7 Å². The zero-order chi connectivity index (χ0) is 21.3. The second-order valence-electron chi connectivity index (χ2n) is 9.62. The number of halogens is 1. The molecule has 5 aliphatic carbocycles. The molecule has 0 aromatic heterocycles. The fourth-order valence-electron chi connectivity index (χ4n) is 6.57. The Hall–Kier alpha value is -1.64. The minimum absolute atomic E-state index is 0.0146. The van der Waals surface area contributed by atoms with Gasteiger partial charge in [0.25, 0.3) is 11.3 Å². The second-order valence-corrected chi connectivity index (χ2v) is 10.9. The molecule has 5 aliphatic rings. The van der Waals surface area contributed by atoms with Gasteiger partial charge >= 0.3 is 0 Å². The molecule has 3 unspecified atom stereocenters. The second kappa shape index (κ2) is 6.93. The maximum absolute atomic E-state index is 13.4. The highest BCUT2D eigenvalue weighted by Gasteiger charge is 2.61. The minimum atomic E-state index is -2.39. The topological polar surface area (TPSA) is 113 Å². The first-order valence-corrected chi connectivity index (χ1v) is 12.0. The lowest BCUT2D eigenvalue weighted by Crippen LogP contribution is -2.64. The first-order chi connectivity index (χ1) is 14.3. The smallest absolute Gasteiger partial charge is 0.262 e. The van der Waals surface area contributed by atoms with E-state index in [1.54, 1.807) is 24.3 Å². The zero-order valence-electron chi connectivity index (χ0n) is 16.6. The number of benzene rings is 1. The normalized spacial score (nSPS) is 36.2. The predicted molar refractivity (Wildman–Crippen MR) is 114 cm³/mol. The molecule has 4 N–H and O–H groups in total. The van der Waals surface area contributed by atoms with Gasteiger partial charge < -0.3 is 11.1 Å². The molecule has 0 spiro atoms. The Morgan fingerprint density at radius 1 is 1.17 bits per heavy atom. The number of nitrogens with zero attached hydrogens (tertiary/aromatic N) is 1. The third-order valence-corrected chi connectivity index (χ3v) is 9.03. The summed E-state index contributed by atoms with van der Waals surface area (Å²) < 4.78 is 23.5. The lowest BCUT2D eigenvalue weighted by molar-refractivity contribution is -0.147. The third kappa shape index (κ3) is 2.99. The molecule has 1 aromatic rings. The molecule has 0 heterocycles. The van der Waals surface area contributed by atoms with Gasteiger partial charge in [-0.2, -0.15) is 0 Å². The van der Waals surface area contributed by atoms with Crippen LogP contribution in [0.1, 0.15) is 44.9 Å². The number of para-hydroxylation sites is 1. The summed E-state index contributed by atoms with van der Waals surface area (Å²) in [5, 5.41) is 3.55. The molecule has 7 nitrogen and oxygen atoms in total. The van der Waals surface area contributed by atoms with Crippen LogP contribution in [-0.2, 0) is 20.9 Å². The predicted octanol–water partition coefficient (Wildman–Crippen LogP) is 2.61. The Bertz CT molecular complexity index is 921. The van der Waals surface area contributed by atoms with Gasteiger partial charge in [-0.3, -0.25) is 18.4 Å². The van der Waals surface area contributed by atoms with E-state index in [1.807, 2.05) is 0 Å². The van der Waals surface area contributed by atoms with Crippen molar-refractivity contribution in [1.29, 1.82) is 0 Å². The van der Waals surface area contributed by atoms with E-state index in [2.05, 4.69) is 5.32 Å². The number of carbonyl (C=O) groups excluding carboxylic acids is 2. The van der Waals surface area contributed by atoms with Crippen molar-refractivity contribution in [2.45, 2.75) is 56.5 Å². The Kier molecular flexibility index (Phi) is 4.69. The van der Waals surface area contributed by atoms with Gasteiger partial charge in [0.15, 0.2) is 0 Å². The van der Waals surface area contributed by atoms with E-state index in [0.29, 0.717) is 29.5 Å². The number of carbonyl (C=O) groups is 2. The summed E-state index contributed by atoms with van der Waals surface area (Å²) in [6, 6.07) is 6.76. The SMILES string of the molecule is NC(=O)C12CC3CC(C1)C(NC(=O)C1(N(c4ccccc4Cl)S(=O)O)CC1)C(C3)C2. The highest BCUT2D eigenvalue weighted by molar-refractivity contribution is 7.80. The van der Waals surface area contributed by atoms with Gasteiger partial charge in [0.1, 0.15) is 5.54 Å². The van der Waals surface area contributed by atoms with Crippen LogP contribution in [0.15, 0.2) is 24.3 Å². The molecular formula is C21H26ClN3O4S. The van der Waals surface area contributed by atoms with E-state index in [4.69, 9.17) is 17.3 Å². The first kappa shape index (κ1) is 20.3. The summed E-state index contributed by atoms with van der Waals surface area (Å²) >= 11 is 3.89. The van der Waals surface area contributed by atoms with E-state index in [9.17, 15) is 18.4 Å². The molecule has 6 rings (SSSR count). The maximum Gasteiger partial charge on any atom is 0.262 e. The number of hydrogen-bond acceptors (Lipinski definition) is 3. The highest BCUT2D eigenvalue weighted by atomic mass is 35.5. The average molecular weight is 452 g/mol. The number of amides is 2. The molecule has 0 aliphatic heterocycles.